The molecule has 0 aromatic heterocycles. The molecule has 0 aliphatic rings. The Hall–Kier alpha value is -2.17. The quantitative estimate of drug-likeness (QED) is 0.564. The molecule has 0 bridgehead atoms. The van der Waals surface area contributed by atoms with Crippen LogP contribution in [0.15, 0.2) is 53.4 Å². The second kappa shape index (κ2) is 9.16. The summed E-state index contributed by atoms with van der Waals surface area (Å²) >= 11 is 6.65. The number of hydrogen-bond donors (Lipinski definition) is 0. The highest BCUT2D eigenvalue weighted by Gasteiger charge is 2.33. The number of alkyl halides is 3. The van der Waals surface area contributed by atoms with Crippen LogP contribution < -0.4 is 4.90 Å². The van der Waals surface area contributed by atoms with Gasteiger partial charge < -0.3 is 4.90 Å². The van der Waals surface area contributed by atoms with Gasteiger partial charge in [-0.1, -0.05) is 29.8 Å². The van der Waals surface area contributed by atoms with E-state index in [0.717, 1.165) is 17.8 Å². The third-order valence-electron chi connectivity index (χ3n) is 3.68. The van der Waals surface area contributed by atoms with Crippen LogP contribution in [0, 0.1) is 11.3 Å². The molecular formula is C19H16ClF3N2OS. The van der Waals surface area contributed by atoms with Crippen molar-refractivity contribution < 1.29 is 18.0 Å². The summed E-state index contributed by atoms with van der Waals surface area (Å²) in [5.41, 5.74) is -0.296. The highest BCUT2D eigenvalue weighted by Crippen LogP contribution is 2.38. The van der Waals surface area contributed by atoms with Gasteiger partial charge in [-0.15, -0.1) is 11.8 Å². The molecule has 0 aliphatic carbocycles. The van der Waals surface area contributed by atoms with Crippen LogP contribution >= 0.6 is 23.4 Å². The number of rotatable bonds is 6. The van der Waals surface area contributed by atoms with E-state index in [4.69, 9.17) is 16.9 Å². The number of amides is 1. The van der Waals surface area contributed by atoms with Crippen molar-refractivity contribution in [3.05, 3.63) is 59.1 Å². The van der Waals surface area contributed by atoms with Gasteiger partial charge in [0.1, 0.15) is 0 Å². The lowest BCUT2D eigenvalue weighted by Crippen LogP contribution is -2.37. The van der Waals surface area contributed by atoms with E-state index in [-0.39, 0.29) is 23.9 Å². The Bertz CT molecular complexity index is 837. The number of anilines is 1. The number of halogens is 4. The van der Waals surface area contributed by atoms with Crippen molar-refractivity contribution in [2.75, 3.05) is 11.4 Å². The second-order valence-electron chi connectivity index (χ2n) is 5.63. The fourth-order valence-corrected chi connectivity index (χ4v) is 3.60. The van der Waals surface area contributed by atoms with Crippen LogP contribution in [0.4, 0.5) is 18.9 Å². The molecule has 0 fully saturated rings. The van der Waals surface area contributed by atoms with Crippen molar-refractivity contribution in [3.8, 4) is 6.07 Å². The minimum atomic E-state index is -4.57. The van der Waals surface area contributed by atoms with Crippen molar-refractivity contribution in [1.29, 1.82) is 5.26 Å². The molecule has 1 atom stereocenters. The van der Waals surface area contributed by atoms with Gasteiger partial charge in [0, 0.05) is 17.1 Å². The number of nitrogens with zero attached hydrogens (tertiary/aromatic N) is 2. The minimum Gasteiger partial charge on any atom is -0.310 e. The third-order valence-corrected chi connectivity index (χ3v) is 5.10. The van der Waals surface area contributed by atoms with Crippen LogP contribution in [0.2, 0.25) is 5.02 Å². The van der Waals surface area contributed by atoms with Gasteiger partial charge in [-0.3, -0.25) is 4.79 Å². The summed E-state index contributed by atoms with van der Waals surface area (Å²) < 4.78 is 39.0. The number of para-hydroxylation sites is 1. The van der Waals surface area contributed by atoms with Crippen LogP contribution in [0.1, 0.15) is 18.9 Å². The Labute approximate surface area is 164 Å². The van der Waals surface area contributed by atoms with E-state index in [1.54, 1.807) is 37.3 Å². The lowest BCUT2D eigenvalue weighted by Gasteiger charge is -2.25. The van der Waals surface area contributed by atoms with Gasteiger partial charge in [-0.2, -0.15) is 18.4 Å². The molecule has 0 spiro atoms. The topological polar surface area (TPSA) is 44.1 Å². The number of nitriles is 1. The van der Waals surface area contributed by atoms with Gasteiger partial charge in [0.15, 0.2) is 0 Å². The maximum Gasteiger partial charge on any atom is 0.417 e. The largest absolute Gasteiger partial charge is 0.417 e. The summed E-state index contributed by atoms with van der Waals surface area (Å²) in [5, 5.41) is 7.81. The fourth-order valence-electron chi connectivity index (χ4n) is 2.41. The van der Waals surface area contributed by atoms with Crippen molar-refractivity contribution in [3.63, 3.8) is 0 Å². The molecule has 0 aliphatic heterocycles. The van der Waals surface area contributed by atoms with E-state index in [1.807, 2.05) is 6.07 Å². The zero-order valence-corrected chi connectivity index (χ0v) is 15.9. The molecule has 0 saturated heterocycles. The monoisotopic (exact) mass is 412 g/mol. The van der Waals surface area contributed by atoms with Gasteiger partial charge in [0.25, 0.3) is 0 Å². The Balaban J connectivity index is 2.21. The Morgan fingerprint density at radius 1 is 1.26 bits per heavy atom. The zero-order chi connectivity index (χ0) is 20.0. The first-order chi connectivity index (χ1) is 12.7. The van der Waals surface area contributed by atoms with E-state index in [0.29, 0.717) is 10.6 Å². The minimum absolute atomic E-state index is 0.150. The molecular weight excluding hydrogens is 397 g/mol. The number of thioether (sulfide) groups is 1. The average Bonchev–Trinajstić information content (AvgIpc) is 2.63. The Morgan fingerprint density at radius 3 is 2.52 bits per heavy atom. The van der Waals surface area contributed by atoms with E-state index in [2.05, 4.69) is 0 Å². The van der Waals surface area contributed by atoms with Crippen LogP contribution in [0.25, 0.3) is 0 Å². The van der Waals surface area contributed by atoms with Gasteiger partial charge in [-0.05, 0) is 37.3 Å². The van der Waals surface area contributed by atoms with Crippen molar-refractivity contribution in [1.82, 2.24) is 0 Å². The maximum atomic E-state index is 13.0. The summed E-state index contributed by atoms with van der Waals surface area (Å²) in [4.78, 5) is 14.6. The lowest BCUT2D eigenvalue weighted by molar-refractivity contribution is -0.137. The van der Waals surface area contributed by atoms with Crippen LogP contribution in [-0.2, 0) is 11.0 Å². The molecule has 0 radical (unpaired) electrons. The van der Waals surface area contributed by atoms with Gasteiger partial charge in [0.05, 0.1) is 28.3 Å². The Kier molecular flexibility index (Phi) is 7.17. The third kappa shape index (κ3) is 5.65. The molecule has 0 N–H and O–H groups in total. The molecule has 8 heteroatoms. The summed E-state index contributed by atoms with van der Waals surface area (Å²) in [5.74, 6) is -0.287. The van der Waals surface area contributed by atoms with Crippen LogP contribution in [0.3, 0.4) is 0 Å². The number of benzene rings is 2. The maximum absolute atomic E-state index is 13.0. The molecule has 0 heterocycles. The summed E-state index contributed by atoms with van der Waals surface area (Å²) in [6, 6.07) is 14.4. The van der Waals surface area contributed by atoms with Crippen LogP contribution in [0.5, 0.6) is 0 Å². The molecule has 2 rings (SSSR count). The highest BCUT2D eigenvalue weighted by molar-refractivity contribution is 8.00. The van der Waals surface area contributed by atoms with Crippen LogP contribution in [-0.4, -0.2) is 17.7 Å². The number of hydrogen-bond acceptors (Lipinski definition) is 3. The molecule has 27 heavy (non-hydrogen) atoms. The van der Waals surface area contributed by atoms with Crippen molar-refractivity contribution in [2.24, 2.45) is 0 Å². The summed E-state index contributed by atoms with van der Waals surface area (Å²) in [6.45, 7) is 1.83. The highest BCUT2D eigenvalue weighted by atomic mass is 35.5. The van der Waals surface area contributed by atoms with E-state index < -0.39 is 17.0 Å². The van der Waals surface area contributed by atoms with E-state index >= 15 is 0 Å². The Morgan fingerprint density at radius 2 is 1.93 bits per heavy atom. The fraction of sp³-hybridized carbons (Fsp3) is 0.263. The first kappa shape index (κ1) is 21.1. The molecule has 0 unspecified atom stereocenters. The number of carbonyl (C=O) groups excluding carboxylic acids is 1. The molecule has 2 aromatic rings. The van der Waals surface area contributed by atoms with Gasteiger partial charge in [-0.25, -0.2) is 0 Å². The standard InChI is InChI=1S/C19H16ClF3N2OS/c1-13(27-15-8-9-17(20)16(12-15)19(21,22)23)18(26)25(11-5-10-24)14-6-3-2-4-7-14/h2-4,6-9,12-13H,5,11H2,1H3/t13-/m1/s1. The second-order valence-corrected chi connectivity index (χ2v) is 7.45. The van der Waals surface area contributed by atoms with Gasteiger partial charge >= 0.3 is 6.18 Å². The molecule has 3 nitrogen and oxygen atoms in total. The van der Waals surface area contributed by atoms with Gasteiger partial charge in [0.2, 0.25) is 5.91 Å². The molecule has 142 valence electrons. The summed E-state index contributed by atoms with van der Waals surface area (Å²) in [7, 11) is 0. The van der Waals surface area contributed by atoms with E-state index in [9.17, 15) is 18.0 Å². The molecule has 2 aromatic carbocycles. The lowest BCUT2D eigenvalue weighted by atomic mass is 10.2. The smallest absolute Gasteiger partial charge is 0.310 e. The van der Waals surface area contributed by atoms with Crippen molar-refractivity contribution in [2.45, 2.75) is 29.7 Å². The summed E-state index contributed by atoms with van der Waals surface area (Å²) in [6.07, 6.45) is -4.42. The SMILES string of the molecule is C[C@@H](Sc1ccc(Cl)c(C(F)(F)F)c1)C(=O)N(CCC#N)c1ccccc1. The predicted octanol–water partition coefficient (Wildman–Crippen LogP) is 5.79. The first-order valence-electron chi connectivity index (χ1n) is 8.01. The van der Waals surface area contributed by atoms with Crippen molar-refractivity contribution >= 4 is 35.0 Å². The average molecular weight is 413 g/mol. The predicted molar refractivity (Wildman–Crippen MR) is 101 cm³/mol. The zero-order valence-electron chi connectivity index (χ0n) is 14.3. The molecule has 0 saturated carbocycles. The number of carbonyl (C=O) groups is 1. The van der Waals surface area contributed by atoms with E-state index in [1.165, 1.54) is 17.0 Å². The molecule has 1 amide bonds. The normalized spacial score (nSPS) is 12.3. The first-order valence-corrected chi connectivity index (χ1v) is 9.26.